The highest BCUT2D eigenvalue weighted by Crippen LogP contribution is 2.53. The molecule has 1 aromatic rings. The minimum Gasteiger partial charge on any atom is -0.380 e. The van der Waals surface area contributed by atoms with Crippen molar-refractivity contribution in [2.24, 2.45) is 5.14 Å². The van der Waals surface area contributed by atoms with Crippen LogP contribution in [0.4, 0.5) is 13.2 Å². The molecule has 1 aliphatic carbocycles. The third-order valence-electron chi connectivity index (χ3n) is 3.71. The van der Waals surface area contributed by atoms with Gasteiger partial charge in [0.2, 0.25) is 10.0 Å². The predicted octanol–water partition coefficient (Wildman–Crippen LogP) is 1.81. The average molecular weight is 309 g/mol. The Labute approximate surface area is 114 Å². The Hall–Kier alpha value is -1.12. The molecule has 8 heteroatoms. The first kappa shape index (κ1) is 15.3. The zero-order valence-electron chi connectivity index (χ0n) is 10.6. The molecule has 0 atom stereocenters. The fourth-order valence-corrected chi connectivity index (χ4v) is 3.09. The SMILES string of the molecule is Cc1cc(S(N)(=O)=O)ccc1C1CC(O)(C(F)(F)F)C1. The topological polar surface area (TPSA) is 80.4 Å². The Morgan fingerprint density at radius 2 is 1.90 bits per heavy atom. The van der Waals surface area contributed by atoms with Gasteiger partial charge in [-0.05, 0) is 48.9 Å². The molecular weight excluding hydrogens is 295 g/mol. The number of aliphatic hydroxyl groups is 1. The number of benzene rings is 1. The number of rotatable bonds is 2. The van der Waals surface area contributed by atoms with Gasteiger partial charge in [-0.3, -0.25) is 0 Å². The number of halogens is 3. The molecule has 0 bridgehead atoms. The quantitative estimate of drug-likeness (QED) is 0.874. The van der Waals surface area contributed by atoms with Crippen molar-refractivity contribution in [3.8, 4) is 0 Å². The first-order valence-electron chi connectivity index (χ1n) is 5.86. The van der Waals surface area contributed by atoms with Gasteiger partial charge in [0.05, 0.1) is 4.90 Å². The molecule has 4 nitrogen and oxygen atoms in total. The molecule has 0 aromatic heterocycles. The normalized spacial score (nSPS) is 27.2. The van der Waals surface area contributed by atoms with Crippen molar-refractivity contribution in [1.29, 1.82) is 0 Å². The first-order chi connectivity index (χ1) is 8.94. The van der Waals surface area contributed by atoms with Crippen LogP contribution in [0, 0.1) is 6.92 Å². The monoisotopic (exact) mass is 309 g/mol. The van der Waals surface area contributed by atoms with Crippen LogP contribution in [0.3, 0.4) is 0 Å². The molecule has 1 fully saturated rings. The van der Waals surface area contributed by atoms with Crippen molar-refractivity contribution in [1.82, 2.24) is 0 Å². The summed E-state index contributed by atoms with van der Waals surface area (Å²) < 4.78 is 60.0. The van der Waals surface area contributed by atoms with Gasteiger partial charge in [0.15, 0.2) is 5.60 Å². The zero-order chi connectivity index (χ0) is 15.3. The third kappa shape index (κ3) is 2.55. The van der Waals surface area contributed by atoms with E-state index in [4.69, 9.17) is 5.14 Å². The summed E-state index contributed by atoms with van der Waals surface area (Å²) in [6.45, 7) is 1.61. The number of hydrogen-bond donors (Lipinski definition) is 2. The number of hydrogen-bond acceptors (Lipinski definition) is 3. The summed E-state index contributed by atoms with van der Waals surface area (Å²) >= 11 is 0. The minimum atomic E-state index is -4.64. The van der Waals surface area contributed by atoms with E-state index in [1.54, 1.807) is 6.92 Å². The number of nitrogens with two attached hydrogens (primary N) is 1. The van der Waals surface area contributed by atoms with Crippen LogP contribution in [0.25, 0.3) is 0 Å². The summed E-state index contributed by atoms with van der Waals surface area (Å²) in [5.74, 6) is -0.434. The molecule has 0 saturated heterocycles. The van der Waals surface area contributed by atoms with Crippen molar-refractivity contribution in [2.75, 3.05) is 0 Å². The largest absolute Gasteiger partial charge is 0.417 e. The molecule has 1 saturated carbocycles. The van der Waals surface area contributed by atoms with Gasteiger partial charge in [-0.25, -0.2) is 13.6 Å². The van der Waals surface area contributed by atoms with Crippen molar-refractivity contribution >= 4 is 10.0 Å². The number of primary sulfonamides is 1. The van der Waals surface area contributed by atoms with Crippen molar-refractivity contribution in [3.05, 3.63) is 29.3 Å². The minimum absolute atomic E-state index is 0.0795. The van der Waals surface area contributed by atoms with E-state index in [-0.39, 0.29) is 4.90 Å². The number of sulfonamides is 1. The van der Waals surface area contributed by atoms with Crippen LogP contribution in [-0.2, 0) is 10.0 Å². The Kier molecular flexibility index (Phi) is 3.39. The van der Waals surface area contributed by atoms with E-state index in [1.165, 1.54) is 18.2 Å². The molecule has 1 aromatic carbocycles. The fourth-order valence-electron chi connectivity index (χ4n) is 2.49. The Morgan fingerprint density at radius 1 is 1.35 bits per heavy atom. The second-order valence-corrected chi connectivity index (χ2v) is 6.76. The molecule has 3 N–H and O–H groups in total. The molecule has 0 amide bonds. The third-order valence-corrected chi connectivity index (χ3v) is 4.62. The molecule has 0 heterocycles. The molecular formula is C12H14F3NO3S. The number of aryl methyl sites for hydroxylation is 1. The van der Waals surface area contributed by atoms with Crippen molar-refractivity contribution in [3.63, 3.8) is 0 Å². The molecule has 2 rings (SSSR count). The van der Waals surface area contributed by atoms with Crippen LogP contribution in [-0.4, -0.2) is 25.3 Å². The van der Waals surface area contributed by atoms with Crippen LogP contribution in [0.1, 0.15) is 29.9 Å². The van der Waals surface area contributed by atoms with Gasteiger partial charge in [0, 0.05) is 0 Å². The Balaban J connectivity index is 2.22. The molecule has 0 spiro atoms. The van der Waals surface area contributed by atoms with E-state index >= 15 is 0 Å². The van der Waals surface area contributed by atoms with E-state index in [1.807, 2.05) is 0 Å². The second-order valence-electron chi connectivity index (χ2n) is 5.20. The lowest BCUT2D eigenvalue weighted by molar-refractivity contribution is -0.291. The van der Waals surface area contributed by atoms with Gasteiger partial charge in [-0.2, -0.15) is 13.2 Å². The van der Waals surface area contributed by atoms with Crippen LogP contribution >= 0.6 is 0 Å². The highest BCUT2D eigenvalue weighted by Gasteiger charge is 2.61. The van der Waals surface area contributed by atoms with Gasteiger partial charge in [-0.15, -0.1) is 0 Å². The smallest absolute Gasteiger partial charge is 0.380 e. The lowest BCUT2D eigenvalue weighted by Gasteiger charge is -2.45. The van der Waals surface area contributed by atoms with Crippen molar-refractivity contribution in [2.45, 2.75) is 42.4 Å². The molecule has 0 aliphatic heterocycles. The van der Waals surface area contributed by atoms with Gasteiger partial charge in [-0.1, -0.05) is 6.07 Å². The maximum Gasteiger partial charge on any atom is 0.417 e. The summed E-state index contributed by atoms with van der Waals surface area (Å²) in [7, 11) is -3.83. The van der Waals surface area contributed by atoms with Crippen molar-refractivity contribution < 1.29 is 26.7 Å². The van der Waals surface area contributed by atoms with E-state index in [9.17, 15) is 26.7 Å². The van der Waals surface area contributed by atoms with E-state index in [0.29, 0.717) is 11.1 Å². The lowest BCUT2D eigenvalue weighted by atomic mass is 9.67. The maximum absolute atomic E-state index is 12.5. The van der Waals surface area contributed by atoms with E-state index in [0.717, 1.165) is 0 Å². The summed E-state index contributed by atoms with van der Waals surface area (Å²) in [5, 5.41) is 14.4. The fraction of sp³-hybridized carbons (Fsp3) is 0.500. The van der Waals surface area contributed by atoms with Gasteiger partial charge < -0.3 is 5.11 Å². The highest BCUT2D eigenvalue weighted by molar-refractivity contribution is 7.89. The summed E-state index contributed by atoms with van der Waals surface area (Å²) in [5.41, 5.74) is -1.49. The molecule has 0 radical (unpaired) electrons. The van der Waals surface area contributed by atoms with Crippen LogP contribution in [0.2, 0.25) is 0 Å². The van der Waals surface area contributed by atoms with Crippen LogP contribution < -0.4 is 5.14 Å². The van der Waals surface area contributed by atoms with Crippen LogP contribution in [0.5, 0.6) is 0 Å². The van der Waals surface area contributed by atoms with Gasteiger partial charge >= 0.3 is 6.18 Å². The first-order valence-corrected chi connectivity index (χ1v) is 7.41. The standard InChI is InChI=1S/C12H14F3NO3S/c1-7-4-9(20(16,18)19)2-3-10(7)8-5-11(17,6-8)12(13,14)15/h2-4,8,17H,5-6H2,1H3,(H2,16,18,19). The van der Waals surface area contributed by atoms with Gasteiger partial charge in [0.1, 0.15) is 0 Å². The predicted molar refractivity (Wildman–Crippen MR) is 65.5 cm³/mol. The van der Waals surface area contributed by atoms with Crippen LogP contribution in [0.15, 0.2) is 23.1 Å². The molecule has 112 valence electrons. The zero-order valence-corrected chi connectivity index (χ0v) is 11.4. The van der Waals surface area contributed by atoms with E-state index in [2.05, 4.69) is 0 Å². The number of alkyl halides is 3. The highest BCUT2D eigenvalue weighted by atomic mass is 32.2. The van der Waals surface area contributed by atoms with Gasteiger partial charge in [0.25, 0.3) is 0 Å². The lowest BCUT2D eigenvalue weighted by Crippen LogP contribution is -2.54. The molecule has 1 aliphatic rings. The van der Waals surface area contributed by atoms with E-state index < -0.39 is 40.6 Å². The molecule has 0 unspecified atom stereocenters. The summed E-state index contributed by atoms with van der Waals surface area (Å²) in [6.07, 6.45) is -5.46. The molecule has 20 heavy (non-hydrogen) atoms. The second kappa shape index (κ2) is 4.44. The average Bonchev–Trinajstić information content (AvgIpc) is 2.22. The Morgan fingerprint density at radius 3 is 2.30 bits per heavy atom. The maximum atomic E-state index is 12.5. The summed E-state index contributed by atoms with van der Waals surface area (Å²) in [4.78, 5) is -0.0795. The Bertz CT molecular complexity index is 634. The summed E-state index contributed by atoms with van der Waals surface area (Å²) in [6, 6.07) is 4.05.